The zero-order chi connectivity index (χ0) is 16.0. The SMILES string of the molecule is Cc1[nH]ncc1CCCNC(=O)CC(C)(C(=O)O)C(C)C. The second-order valence-electron chi connectivity index (χ2n) is 6.03. The highest BCUT2D eigenvalue weighted by Crippen LogP contribution is 2.31. The molecule has 0 aromatic carbocycles. The third-order valence-electron chi connectivity index (χ3n) is 4.17. The highest BCUT2D eigenvalue weighted by atomic mass is 16.4. The van der Waals surface area contributed by atoms with Gasteiger partial charge >= 0.3 is 5.97 Å². The van der Waals surface area contributed by atoms with Crippen LogP contribution in [0.4, 0.5) is 0 Å². The highest BCUT2D eigenvalue weighted by molar-refractivity contribution is 5.84. The minimum Gasteiger partial charge on any atom is -0.481 e. The maximum atomic E-state index is 11.9. The van der Waals surface area contributed by atoms with Gasteiger partial charge < -0.3 is 10.4 Å². The molecule has 3 N–H and O–H groups in total. The fourth-order valence-electron chi connectivity index (χ4n) is 2.06. The Kier molecular flexibility index (Phi) is 5.93. The van der Waals surface area contributed by atoms with Crippen molar-refractivity contribution in [3.63, 3.8) is 0 Å². The number of hydrogen-bond donors (Lipinski definition) is 3. The van der Waals surface area contributed by atoms with Gasteiger partial charge in [0.25, 0.3) is 0 Å². The van der Waals surface area contributed by atoms with Crippen molar-refractivity contribution in [1.29, 1.82) is 0 Å². The number of nitrogens with one attached hydrogen (secondary N) is 2. The van der Waals surface area contributed by atoms with Crippen molar-refractivity contribution in [2.45, 2.75) is 47.0 Å². The summed E-state index contributed by atoms with van der Waals surface area (Å²) in [5.41, 5.74) is 1.16. The van der Waals surface area contributed by atoms with E-state index in [1.807, 2.05) is 20.8 Å². The van der Waals surface area contributed by atoms with E-state index in [2.05, 4.69) is 15.5 Å². The number of aromatic amines is 1. The first-order valence-electron chi connectivity index (χ1n) is 7.26. The van der Waals surface area contributed by atoms with E-state index >= 15 is 0 Å². The third-order valence-corrected chi connectivity index (χ3v) is 4.17. The molecule has 1 heterocycles. The minimum absolute atomic E-state index is 0.00470. The molecular weight excluding hydrogens is 270 g/mol. The summed E-state index contributed by atoms with van der Waals surface area (Å²) < 4.78 is 0. The summed E-state index contributed by atoms with van der Waals surface area (Å²) in [6.45, 7) is 7.76. The first-order valence-corrected chi connectivity index (χ1v) is 7.26. The van der Waals surface area contributed by atoms with Crippen molar-refractivity contribution in [1.82, 2.24) is 15.5 Å². The summed E-state index contributed by atoms with van der Waals surface area (Å²) >= 11 is 0. The smallest absolute Gasteiger partial charge is 0.310 e. The van der Waals surface area contributed by atoms with E-state index in [-0.39, 0.29) is 18.2 Å². The van der Waals surface area contributed by atoms with Crippen molar-refractivity contribution < 1.29 is 14.7 Å². The van der Waals surface area contributed by atoms with Crippen molar-refractivity contribution in [3.8, 4) is 0 Å². The van der Waals surface area contributed by atoms with Crippen molar-refractivity contribution >= 4 is 11.9 Å². The van der Waals surface area contributed by atoms with E-state index in [1.165, 1.54) is 0 Å². The normalized spacial score (nSPS) is 14.0. The minimum atomic E-state index is -1.02. The van der Waals surface area contributed by atoms with Gasteiger partial charge in [0.2, 0.25) is 5.91 Å². The van der Waals surface area contributed by atoms with Crippen molar-refractivity contribution in [3.05, 3.63) is 17.5 Å². The van der Waals surface area contributed by atoms with Crippen LogP contribution in [0.2, 0.25) is 0 Å². The number of amides is 1. The zero-order valence-electron chi connectivity index (χ0n) is 13.2. The van der Waals surface area contributed by atoms with Gasteiger partial charge in [0, 0.05) is 18.7 Å². The molecule has 0 bridgehead atoms. The molecular formula is C15H25N3O3. The number of carbonyl (C=O) groups excluding carboxylic acids is 1. The number of carboxylic acid groups (broad SMARTS) is 1. The second-order valence-corrected chi connectivity index (χ2v) is 6.03. The van der Waals surface area contributed by atoms with Crippen LogP contribution in [0.25, 0.3) is 0 Å². The number of hydrogen-bond acceptors (Lipinski definition) is 3. The molecule has 0 fully saturated rings. The summed E-state index contributed by atoms with van der Waals surface area (Å²) in [5.74, 6) is -1.24. The maximum absolute atomic E-state index is 11.9. The van der Waals surface area contributed by atoms with E-state index in [0.29, 0.717) is 6.54 Å². The van der Waals surface area contributed by atoms with Crippen LogP contribution in [0.5, 0.6) is 0 Å². The van der Waals surface area contributed by atoms with Gasteiger partial charge in [-0.1, -0.05) is 13.8 Å². The van der Waals surface area contributed by atoms with Crippen molar-refractivity contribution in [2.24, 2.45) is 11.3 Å². The van der Waals surface area contributed by atoms with Crippen molar-refractivity contribution in [2.75, 3.05) is 6.54 Å². The average Bonchev–Trinajstić information content (AvgIpc) is 2.79. The number of carbonyl (C=O) groups is 2. The molecule has 0 aliphatic rings. The van der Waals surface area contributed by atoms with Crippen LogP contribution >= 0.6 is 0 Å². The number of nitrogens with zero attached hydrogens (tertiary/aromatic N) is 1. The van der Waals surface area contributed by atoms with E-state index in [1.54, 1.807) is 13.1 Å². The molecule has 0 saturated heterocycles. The molecule has 6 nitrogen and oxygen atoms in total. The molecule has 0 aliphatic heterocycles. The summed E-state index contributed by atoms with van der Waals surface area (Å²) in [6.07, 6.45) is 3.43. The molecule has 0 radical (unpaired) electrons. The lowest BCUT2D eigenvalue weighted by atomic mass is 9.76. The van der Waals surface area contributed by atoms with Crippen LogP contribution < -0.4 is 5.32 Å². The summed E-state index contributed by atoms with van der Waals surface area (Å²) in [6, 6.07) is 0. The standard InChI is InChI=1S/C15H25N3O3/c1-10(2)15(4,14(20)21)8-13(19)16-7-5-6-12-9-17-18-11(12)3/h9-10H,5-8H2,1-4H3,(H,16,19)(H,17,18)(H,20,21). The van der Waals surface area contributed by atoms with Gasteiger partial charge in [-0.2, -0.15) is 5.10 Å². The summed E-state index contributed by atoms with van der Waals surface area (Å²) in [7, 11) is 0. The third kappa shape index (κ3) is 4.58. The number of carboxylic acids is 1. The predicted octanol–water partition coefficient (Wildman–Crippen LogP) is 1.90. The molecule has 21 heavy (non-hydrogen) atoms. The fourth-order valence-corrected chi connectivity index (χ4v) is 2.06. The average molecular weight is 295 g/mol. The Hall–Kier alpha value is -1.85. The van der Waals surface area contributed by atoms with Gasteiger partial charge in [0.15, 0.2) is 0 Å². The van der Waals surface area contributed by atoms with Gasteiger partial charge in [0.05, 0.1) is 11.6 Å². The molecule has 1 aromatic heterocycles. The van der Waals surface area contributed by atoms with Crippen LogP contribution in [0.15, 0.2) is 6.20 Å². The molecule has 118 valence electrons. The Morgan fingerprint density at radius 3 is 2.62 bits per heavy atom. The lowest BCUT2D eigenvalue weighted by molar-refractivity contribution is -0.153. The van der Waals surface area contributed by atoms with Gasteiger partial charge in [0.1, 0.15) is 0 Å². The Balaban J connectivity index is 2.37. The summed E-state index contributed by atoms with van der Waals surface area (Å²) in [5, 5.41) is 18.9. The van der Waals surface area contributed by atoms with E-state index < -0.39 is 11.4 Å². The van der Waals surface area contributed by atoms with E-state index in [0.717, 1.165) is 24.1 Å². The lowest BCUT2D eigenvalue weighted by Gasteiger charge is -2.28. The first-order chi connectivity index (χ1) is 9.77. The fraction of sp³-hybridized carbons (Fsp3) is 0.667. The first kappa shape index (κ1) is 17.2. The number of aliphatic carboxylic acids is 1. The molecule has 1 unspecified atom stereocenters. The second kappa shape index (κ2) is 7.24. The Labute approximate surface area is 125 Å². The molecule has 1 rings (SSSR count). The Morgan fingerprint density at radius 1 is 1.48 bits per heavy atom. The molecule has 1 amide bonds. The van der Waals surface area contributed by atoms with Crippen LogP contribution in [0, 0.1) is 18.3 Å². The van der Waals surface area contributed by atoms with Crippen LogP contribution in [0.3, 0.4) is 0 Å². The molecule has 1 atom stereocenters. The summed E-state index contributed by atoms with van der Waals surface area (Å²) in [4.78, 5) is 23.2. The number of aromatic nitrogens is 2. The van der Waals surface area contributed by atoms with Crippen LogP contribution in [-0.4, -0.2) is 33.7 Å². The van der Waals surface area contributed by atoms with Gasteiger partial charge in [-0.05, 0) is 38.2 Å². The largest absolute Gasteiger partial charge is 0.481 e. The number of rotatable bonds is 8. The Morgan fingerprint density at radius 2 is 2.14 bits per heavy atom. The van der Waals surface area contributed by atoms with E-state index in [4.69, 9.17) is 0 Å². The Bertz CT molecular complexity index is 496. The quantitative estimate of drug-likeness (QED) is 0.638. The molecule has 0 aliphatic carbocycles. The van der Waals surface area contributed by atoms with Gasteiger partial charge in [-0.25, -0.2) is 0 Å². The van der Waals surface area contributed by atoms with E-state index in [9.17, 15) is 14.7 Å². The van der Waals surface area contributed by atoms with Crippen LogP contribution in [0.1, 0.15) is 44.9 Å². The topological polar surface area (TPSA) is 95.1 Å². The molecule has 0 saturated carbocycles. The highest BCUT2D eigenvalue weighted by Gasteiger charge is 2.38. The van der Waals surface area contributed by atoms with Gasteiger partial charge in [-0.15, -0.1) is 0 Å². The zero-order valence-corrected chi connectivity index (χ0v) is 13.2. The predicted molar refractivity (Wildman–Crippen MR) is 79.9 cm³/mol. The number of aryl methyl sites for hydroxylation is 2. The van der Waals surface area contributed by atoms with Crippen LogP contribution in [-0.2, 0) is 16.0 Å². The molecule has 1 aromatic rings. The molecule has 0 spiro atoms. The number of H-pyrrole nitrogens is 1. The molecule has 6 heteroatoms. The lowest BCUT2D eigenvalue weighted by Crippen LogP contribution is -2.39. The van der Waals surface area contributed by atoms with Gasteiger partial charge in [-0.3, -0.25) is 14.7 Å². The monoisotopic (exact) mass is 295 g/mol. The maximum Gasteiger partial charge on any atom is 0.310 e.